The molecule has 0 saturated heterocycles. The molecule has 0 aromatic rings. The molecule has 0 aromatic carbocycles. The number of carbonyl (C=O) groups is 1. The monoisotopic (exact) mass is 300 g/mol. The molecule has 4 heteroatoms. The summed E-state index contributed by atoms with van der Waals surface area (Å²) in [6, 6.07) is 3.25. The maximum atomic E-state index is 11.8. The molecule has 0 spiro atoms. The van der Waals surface area contributed by atoms with Crippen molar-refractivity contribution in [2.45, 2.75) is 77.6 Å². The van der Waals surface area contributed by atoms with E-state index >= 15 is 0 Å². The summed E-state index contributed by atoms with van der Waals surface area (Å²) >= 11 is 0. The van der Waals surface area contributed by atoms with E-state index in [2.05, 4.69) is 34.3 Å². The van der Waals surface area contributed by atoms with Gasteiger partial charge in [0.05, 0.1) is 18.8 Å². The Bertz CT molecular complexity index is 290. The quantitative estimate of drug-likeness (QED) is 0.240. The van der Waals surface area contributed by atoms with Crippen molar-refractivity contribution in [3.8, 4) is 0 Å². The van der Waals surface area contributed by atoms with E-state index in [1.165, 1.54) is 7.11 Å². The van der Waals surface area contributed by atoms with Gasteiger partial charge in [-0.2, -0.15) is 0 Å². The topological polar surface area (TPSA) is 35.5 Å². The number of unbranched alkanes of at least 4 members (excludes halogenated alkanes) is 2. The summed E-state index contributed by atoms with van der Waals surface area (Å²) in [6.07, 6.45) is 4.10. The molecule has 0 aliphatic heterocycles. The van der Waals surface area contributed by atoms with Crippen LogP contribution in [0.25, 0.3) is 0 Å². The largest absolute Gasteiger partial charge is 0.466 e. The summed E-state index contributed by atoms with van der Waals surface area (Å²) in [4.78, 5) is 11.8. The Morgan fingerprint density at radius 3 is 2.05 bits per heavy atom. The van der Waals surface area contributed by atoms with Gasteiger partial charge in [0.15, 0.2) is 8.32 Å². The third-order valence-corrected chi connectivity index (χ3v) is 8.88. The van der Waals surface area contributed by atoms with Gasteiger partial charge in [0.1, 0.15) is 0 Å². The van der Waals surface area contributed by atoms with Crippen LogP contribution in [-0.2, 0) is 14.0 Å². The molecule has 0 aliphatic rings. The molecule has 0 amide bonds. The molecule has 0 fully saturated rings. The third-order valence-electron chi connectivity index (χ3n) is 4.23. The summed E-state index contributed by atoms with van der Waals surface area (Å²) in [7, 11) is -0.327. The summed E-state index contributed by atoms with van der Waals surface area (Å²) < 4.78 is 11.3. The highest BCUT2D eigenvalue weighted by atomic mass is 28.4. The lowest BCUT2D eigenvalue weighted by Gasteiger charge is -2.33. The number of ether oxygens (including phenoxy) is 1. The predicted octanol–water partition coefficient (Wildman–Crippen LogP) is 4.69. The Morgan fingerprint density at radius 2 is 1.65 bits per heavy atom. The zero-order valence-corrected chi connectivity index (χ0v) is 15.0. The first-order valence-corrected chi connectivity index (χ1v) is 10.5. The van der Waals surface area contributed by atoms with Crippen molar-refractivity contribution in [2.24, 2.45) is 0 Å². The molecule has 0 heterocycles. The van der Waals surface area contributed by atoms with E-state index in [0.717, 1.165) is 43.8 Å². The number of esters is 1. The Kier molecular flexibility index (Phi) is 9.85. The first kappa shape index (κ1) is 19.4. The van der Waals surface area contributed by atoms with Gasteiger partial charge in [-0.05, 0) is 24.6 Å². The second-order valence-electron chi connectivity index (χ2n) is 5.36. The maximum absolute atomic E-state index is 11.8. The molecule has 1 atom stereocenters. The molecule has 0 rings (SSSR count). The summed E-state index contributed by atoms with van der Waals surface area (Å²) in [5.41, 5.74) is 0.482. The highest BCUT2D eigenvalue weighted by Gasteiger charge is 2.34. The van der Waals surface area contributed by atoms with Crippen LogP contribution >= 0.6 is 0 Å². The van der Waals surface area contributed by atoms with Crippen LogP contribution in [0.1, 0.15) is 53.4 Å². The fourth-order valence-corrected chi connectivity index (χ4v) is 5.31. The van der Waals surface area contributed by atoms with Crippen LogP contribution in [-0.4, -0.2) is 27.5 Å². The second-order valence-corrected chi connectivity index (χ2v) is 10.1. The molecule has 118 valence electrons. The predicted molar refractivity (Wildman–Crippen MR) is 87.4 cm³/mol. The standard InChI is InChI=1S/C16H32O3Si/c1-7-11-12-13-15(14(5)16(17)18-6)19-20(8-2,9-3)10-4/h15H,5,7-13H2,1-4,6H3/t15-/m1/s1. The Balaban J connectivity index is 4.91. The highest BCUT2D eigenvalue weighted by Crippen LogP contribution is 2.27. The SMILES string of the molecule is C=C(C(=O)OC)[C@@H](CCCCC)O[Si](CC)(CC)CC. The van der Waals surface area contributed by atoms with Crippen molar-refractivity contribution >= 4 is 14.3 Å². The van der Waals surface area contributed by atoms with E-state index in [1.807, 2.05) is 0 Å². The van der Waals surface area contributed by atoms with E-state index in [1.54, 1.807) is 0 Å². The summed E-state index contributed by atoms with van der Waals surface area (Å²) in [5, 5.41) is 0. The van der Waals surface area contributed by atoms with E-state index < -0.39 is 8.32 Å². The Hall–Kier alpha value is -0.613. The first-order chi connectivity index (χ1) is 9.50. The van der Waals surface area contributed by atoms with Gasteiger partial charge < -0.3 is 9.16 Å². The first-order valence-electron chi connectivity index (χ1n) is 7.95. The van der Waals surface area contributed by atoms with Crippen LogP contribution in [0.15, 0.2) is 12.2 Å². The normalized spacial score (nSPS) is 13.1. The molecule has 0 saturated carbocycles. The van der Waals surface area contributed by atoms with Crippen LogP contribution in [0, 0.1) is 0 Å². The van der Waals surface area contributed by atoms with E-state index in [4.69, 9.17) is 9.16 Å². The average molecular weight is 301 g/mol. The zero-order valence-electron chi connectivity index (χ0n) is 14.0. The fourth-order valence-electron chi connectivity index (χ4n) is 2.45. The molecule has 3 nitrogen and oxygen atoms in total. The molecule has 0 N–H and O–H groups in total. The molecule has 0 unspecified atom stereocenters. The van der Waals surface area contributed by atoms with Gasteiger partial charge in [0.2, 0.25) is 0 Å². The Labute approximate surface area is 125 Å². The van der Waals surface area contributed by atoms with E-state index in [-0.39, 0.29) is 12.1 Å². The summed E-state index contributed by atoms with van der Waals surface area (Å²) in [6.45, 7) is 12.7. The summed E-state index contributed by atoms with van der Waals surface area (Å²) in [5.74, 6) is -0.335. The minimum Gasteiger partial charge on any atom is -0.466 e. The van der Waals surface area contributed by atoms with E-state index in [0.29, 0.717) is 5.57 Å². The van der Waals surface area contributed by atoms with Crippen LogP contribution in [0.5, 0.6) is 0 Å². The molecule has 20 heavy (non-hydrogen) atoms. The van der Waals surface area contributed by atoms with Crippen LogP contribution < -0.4 is 0 Å². The fraction of sp³-hybridized carbons (Fsp3) is 0.812. The number of rotatable bonds is 11. The number of methoxy groups -OCH3 is 1. The van der Waals surface area contributed by atoms with E-state index in [9.17, 15) is 4.79 Å². The van der Waals surface area contributed by atoms with Gasteiger partial charge in [-0.15, -0.1) is 0 Å². The van der Waals surface area contributed by atoms with Gasteiger partial charge in [-0.1, -0.05) is 53.5 Å². The lowest BCUT2D eigenvalue weighted by atomic mass is 10.0. The molecular weight excluding hydrogens is 268 g/mol. The average Bonchev–Trinajstić information content (AvgIpc) is 2.49. The van der Waals surface area contributed by atoms with Crippen LogP contribution in [0.3, 0.4) is 0 Å². The Morgan fingerprint density at radius 1 is 1.10 bits per heavy atom. The lowest BCUT2D eigenvalue weighted by molar-refractivity contribution is -0.137. The van der Waals surface area contributed by atoms with Gasteiger partial charge in [0, 0.05) is 0 Å². The highest BCUT2D eigenvalue weighted by molar-refractivity contribution is 6.73. The minimum atomic E-state index is -1.73. The smallest absolute Gasteiger partial charge is 0.335 e. The number of hydrogen-bond donors (Lipinski definition) is 0. The van der Waals surface area contributed by atoms with Crippen LogP contribution in [0.2, 0.25) is 18.1 Å². The van der Waals surface area contributed by atoms with Crippen molar-refractivity contribution < 1.29 is 14.0 Å². The minimum absolute atomic E-state index is 0.166. The third kappa shape index (κ3) is 5.79. The molecule has 0 aromatic heterocycles. The lowest BCUT2D eigenvalue weighted by Crippen LogP contribution is -2.41. The van der Waals surface area contributed by atoms with Gasteiger partial charge >= 0.3 is 5.97 Å². The molecule has 0 aliphatic carbocycles. The van der Waals surface area contributed by atoms with Crippen LogP contribution in [0.4, 0.5) is 0 Å². The van der Waals surface area contributed by atoms with Crippen molar-refractivity contribution in [3.63, 3.8) is 0 Å². The van der Waals surface area contributed by atoms with Crippen molar-refractivity contribution in [3.05, 3.63) is 12.2 Å². The number of carbonyl (C=O) groups excluding carboxylic acids is 1. The zero-order chi connectivity index (χ0) is 15.6. The molecule has 0 bridgehead atoms. The maximum Gasteiger partial charge on any atom is 0.335 e. The second kappa shape index (κ2) is 10.2. The number of hydrogen-bond acceptors (Lipinski definition) is 3. The van der Waals surface area contributed by atoms with Crippen molar-refractivity contribution in [2.75, 3.05) is 7.11 Å². The van der Waals surface area contributed by atoms with Gasteiger partial charge in [-0.3, -0.25) is 0 Å². The van der Waals surface area contributed by atoms with Crippen molar-refractivity contribution in [1.29, 1.82) is 0 Å². The molecule has 0 radical (unpaired) electrons. The molecular formula is C16H32O3Si. The van der Waals surface area contributed by atoms with Gasteiger partial charge in [-0.25, -0.2) is 4.79 Å². The van der Waals surface area contributed by atoms with Crippen molar-refractivity contribution in [1.82, 2.24) is 0 Å². The van der Waals surface area contributed by atoms with Gasteiger partial charge in [0.25, 0.3) is 0 Å².